The summed E-state index contributed by atoms with van der Waals surface area (Å²) >= 11 is 1.44. The largest absolute Gasteiger partial charge is 0.361 e. The van der Waals surface area contributed by atoms with Gasteiger partial charge in [-0.2, -0.15) is 0 Å². The van der Waals surface area contributed by atoms with Crippen molar-refractivity contribution in [2.45, 2.75) is 31.6 Å². The maximum atomic E-state index is 12.8. The zero-order chi connectivity index (χ0) is 19.4. The number of aromatic nitrogens is 2. The van der Waals surface area contributed by atoms with Crippen molar-refractivity contribution in [2.75, 3.05) is 5.32 Å². The van der Waals surface area contributed by atoms with Crippen molar-refractivity contribution in [3.05, 3.63) is 70.7 Å². The number of anilines is 1. The van der Waals surface area contributed by atoms with Gasteiger partial charge in [-0.3, -0.25) is 9.59 Å². The highest BCUT2D eigenvalue weighted by Gasteiger charge is 2.17. The molecule has 0 saturated carbocycles. The maximum absolute atomic E-state index is 12.8. The second-order valence-corrected chi connectivity index (χ2v) is 6.97. The molecular weight excluding hydrogens is 362 g/mol. The standard InChI is InChI=1S/C20H19N3O3S/c1-12-17(14(3)26-23-12)11-27-20-16(8-6-10-21-20)19(25)22-18-9-5-4-7-15(18)13(2)24/h4-10H,11H2,1-3H3,(H,22,25). The fraction of sp³-hybridized carbons (Fsp3) is 0.200. The molecule has 7 heteroatoms. The van der Waals surface area contributed by atoms with E-state index >= 15 is 0 Å². The second kappa shape index (κ2) is 8.18. The van der Waals surface area contributed by atoms with Crippen LogP contribution >= 0.6 is 11.8 Å². The van der Waals surface area contributed by atoms with Crippen LogP contribution in [0.3, 0.4) is 0 Å². The van der Waals surface area contributed by atoms with E-state index in [1.165, 1.54) is 18.7 Å². The van der Waals surface area contributed by atoms with Crippen LogP contribution in [0.5, 0.6) is 0 Å². The molecule has 0 saturated heterocycles. The number of amides is 1. The number of thioether (sulfide) groups is 1. The molecule has 3 rings (SSSR count). The second-order valence-electron chi connectivity index (χ2n) is 6.00. The Bertz CT molecular complexity index is 978. The number of Topliss-reactive ketones (excluding diaryl/α,β-unsaturated/α-hetero) is 1. The first-order valence-corrected chi connectivity index (χ1v) is 9.37. The SMILES string of the molecule is CC(=O)c1ccccc1NC(=O)c1cccnc1SCc1c(C)noc1C. The van der Waals surface area contributed by atoms with Gasteiger partial charge in [0.25, 0.3) is 5.91 Å². The Hall–Kier alpha value is -2.93. The molecule has 0 radical (unpaired) electrons. The van der Waals surface area contributed by atoms with Crippen molar-refractivity contribution in [3.8, 4) is 0 Å². The maximum Gasteiger partial charge on any atom is 0.258 e. The predicted octanol–water partition coefficient (Wildman–Crippen LogP) is 4.43. The molecule has 1 aromatic carbocycles. The Labute approximate surface area is 161 Å². The van der Waals surface area contributed by atoms with E-state index in [0.29, 0.717) is 27.6 Å². The summed E-state index contributed by atoms with van der Waals surface area (Å²) in [6, 6.07) is 10.4. The fourth-order valence-corrected chi connectivity index (χ4v) is 3.76. The monoisotopic (exact) mass is 381 g/mol. The molecular formula is C20H19N3O3S. The number of carbonyl (C=O) groups excluding carboxylic acids is 2. The third kappa shape index (κ3) is 4.25. The number of benzene rings is 1. The van der Waals surface area contributed by atoms with E-state index in [1.807, 2.05) is 13.8 Å². The number of rotatable bonds is 6. The van der Waals surface area contributed by atoms with E-state index in [0.717, 1.165) is 17.0 Å². The summed E-state index contributed by atoms with van der Waals surface area (Å²) in [6.07, 6.45) is 1.65. The molecule has 0 aliphatic heterocycles. The van der Waals surface area contributed by atoms with Crippen molar-refractivity contribution in [3.63, 3.8) is 0 Å². The highest BCUT2D eigenvalue weighted by molar-refractivity contribution is 7.98. The van der Waals surface area contributed by atoms with Crippen LogP contribution in [-0.2, 0) is 5.75 Å². The predicted molar refractivity (Wildman–Crippen MR) is 104 cm³/mol. The summed E-state index contributed by atoms with van der Waals surface area (Å²) in [7, 11) is 0. The van der Waals surface area contributed by atoms with E-state index in [2.05, 4.69) is 15.5 Å². The first-order chi connectivity index (χ1) is 13.0. The lowest BCUT2D eigenvalue weighted by Gasteiger charge is -2.11. The van der Waals surface area contributed by atoms with Crippen LogP contribution in [-0.4, -0.2) is 21.8 Å². The summed E-state index contributed by atoms with van der Waals surface area (Å²) in [4.78, 5) is 28.9. The Balaban J connectivity index is 1.81. The lowest BCUT2D eigenvalue weighted by atomic mass is 10.1. The van der Waals surface area contributed by atoms with Crippen molar-refractivity contribution < 1.29 is 14.1 Å². The average molecular weight is 381 g/mol. The van der Waals surface area contributed by atoms with Crippen LogP contribution < -0.4 is 5.32 Å². The molecule has 0 aliphatic carbocycles. The quantitative estimate of drug-likeness (QED) is 0.502. The van der Waals surface area contributed by atoms with E-state index < -0.39 is 0 Å². The first-order valence-electron chi connectivity index (χ1n) is 8.38. The van der Waals surface area contributed by atoms with Crippen LogP contribution in [0.2, 0.25) is 0 Å². The minimum atomic E-state index is -0.307. The topological polar surface area (TPSA) is 85.1 Å². The Morgan fingerprint density at radius 1 is 1.11 bits per heavy atom. The van der Waals surface area contributed by atoms with Gasteiger partial charge in [-0.15, -0.1) is 11.8 Å². The molecule has 2 heterocycles. The van der Waals surface area contributed by atoms with E-state index in [4.69, 9.17) is 4.52 Å². The van der Waals surface area contributed by atoms with E-state index in [1.54, 1.807) is 42.6 Å². The molecule has 1 N–H and O–H groups in total. The van der Waals surface area contributed by atoms with Crippen LogP contribution in [0.15, 0.2) is 52.1 Å². The van der Waals surface area contributed by atoms with Gasteiger partial charge in [0, 0.05) is 23.1 Å². The minimum Gasteiger partial charge on any atom is -0.361 e. The van der Waals surface area contributed by atoms with Crippen molar-refractivity contribution >= 4 is 29.1 Å². The summed E-state index contributed by atoms with van der Waals surface area (Å²) < 4.78 is 5.18. The summed E-state index contributed by atoms with van der Waals surface area (Å²) in [6.45, 7) is 5.22. The van der Waals surface area contributed by atoms with Crippen molar-refractivity contribution in [1.82, 2.24) is 10.1 Å². The Morgan fingerprint density at radius 3 is 2.56 bits per heavy atom. The van der Waals surface area contributed by atoms with Gasteiger partial charge in [0.15, 0.2) is 5.78 Å². The molecule has 27 heavy (non-hydrogen) atoms. The summed E-state index contributed by atoms with van der Waals surface area (Å²) in [5, 5.41) is 7.38. The number of nitrogens with one attached hydrogen (secondary N) is 1. The number of para-hydroxylation sites is 1. The molecule has 3 aromatic rings. The zero-order valence-electron chi connectivity index (χ0n) is 15.3. The number of carbonyl (C=O) groups is 2. The molecule has 2 aromatic heterocycles. The number of aryl methyl sites for hydroxylation is 2. The zero-order valence-corrected chi connectivity index (χ0v) is 16.1. The fourth-order valence-electron chi connectivity index (χ4n) is 2.62. The molecule has 6 nitrogen and oxygen atoms in total. The van der Waals surface area contributed by atoms with Gasteiger partial charge >= 0.3 is 0 Å². The van der Waals surface area contributed by atoms with Gasteiger partial charge in [-0.25, -0.2) is 4.98 Å². The van der Waals surface area contributed by atoms with Gasteiger partial charge in [-0.05, 0) is 45.0 Å². The lowest BCUT2D eigenvalue weighted by molar-refractivity contribution is 0.101. The third-order valence-corrected chi connectivity index (χ3v) is 5.14. The van der Waals surface area contributed by atoms with Crippen LogP contribution in [0.25, 0.3) is 0 Å². The van der Waals surface area contributed by atoms with Crippen molar-refractivity contribution in [2.24, 2.45) is 0 Å². The van der Waals surface area contributed by atoms with E-state index in [-0.39, 0.29) is 11.7 Å². The molecule has 0 unspecified atom stereocenters. The number of ketones is 1. The minimum absolute atomic E-state index is 0.106. The molecule has 138 valence electrons. The van der Waals surface area contributed by atoms with Gasteiger partial charge in [0.05, 0.1) is 16.9 Å². The van der Waals surface area contributed by atoms with Gasteiger partial charge in [-0.1, -0.05) is 17.3 Å². The van der Waals surface area contributed by atoms with E-state index in [9.17, 15) is 9.59 Å². The van der Waals surface area contributed by atoms with Crippen LogP contribution in [0.4, 0.5) is 5.69 Å². The smallest absolute Gasteiger partial charge is 0.258 e. The molecule has 1 amide bonds. The number of pyridine rings is 1. The molecule has 0 aliphatic rings. The third-order valence-electron chi connectivity index (χ3n) is 4.10. The Morgan fingerprint density at radius 2 is 1.85 bits per heavy atom. The Kier molecular flexibility index (Phi) is 5.71. The van der Waals surface area contributed by atoms with Crippen LogP contribution in [0.1, 0.15) is 44.7 Å². The van der Waals surface area contributed by atoms with Crippen molar-refractivity contribution in [1.29, 1.82) is 0 Å². The average Bonchev–Trinajstić information content (AvgIpc) is 2.98. The van der Waals surface area contributed by atoms with Crippen LogP contribution in [0, 0.1) is 13.8 Å². The summed E-state index contributed by atoms with van der Waals surface area (Å²) in [5.41, 5.74) is 3.24. The highest BCUT2D eigenvalue weighted by atomic mass is 32.2. The van der Waals surface area contributed by atoms with Gasteiger partial charge in [0.2, 0.25) is 0 Å². The van der Waals surface area contributed by atoms with Gasteiger partial charge in [0.1, 0.15) is 10.8 Å². The lowest BCUT2D eigenvalue weighted by Crippen LogP contribution is -2.15. The highest BCUT2D eigenvalue weighted by Crippen LogP contribution is 2.28. The normalized spacial score (nSPS) is 10.6. The number of hydrogen-bond acceptors (Lipinski definition) is 6. The molecule has 0 bridgehead atoms. The number of nitrogens with zero attached hydrogens (tertiary/aromatic N) is 2. The molecule has 0 fully saturated rings. The first kappa shape index (κ1) is 18.8. The molecule has 0 spiro atoms. The molecule has 0 atom stereocenters. The van der Waals surface area contributed by atoms with Gasteiger partial charge < -0.3 is 9.84 Å². The summed E-state index contributed by atoms with van der Waals surface area (Å²) in [5.74, 6) is 0.947. The number of hydrogen-bond donors (Lipinski definition) is 1.